The van der Waals surface area contributed by atoms with Gasteiger partial charge >= 0.3 is 12.1 Å². The van der Waals surface area contributed by atoms with E-state index in [0.29, 0.717) is 19.1 Å². The highest BCUT2D eigenvalue weighted by molar-refractivity contribution is 5.98. The van der Waals surface area contributed by atoms with Crippen molar-refractivity contribution in [2.45, 2.75) is 38.4 Å². The van der Waals surface area contributed by atoms with Gasteiger partial charge in [0, 0.05) is 24.1 Å². The van der Waals surface area contributed by atoms with Gasteiger partial charge in [-0.3, -0.25) is 4.79 Å². The van der Waals surface area contributed by atoms with Crippen molar-refractivity contribution >= 4 is 22.6 Å². The molecule has 1 amide bonds. The zero-order valence-corrected chi connectivity index (χ0v) is 19.3. The van der Waals surface area contributed by atoms with E-state index in [1.165, 1.54) is 31.3 Å². The van der Waals surface area contributed by atoms with Gasteiger partial charge in [0.1, 0.15) is 0 Å². The van der Waals surface area contributed by atoms with Gasteiger partial charge in [-0.1, -0.05) is 30.3 Å². The summed E-state index contributed by atoms with van der Waals surface area (Å²) < 4.78 is 37.6. The summed E-state index contributed by atoms with van der Waals surface area (Å²) in [5, 5.41) is 9.41. The van der Waals surface area contributed by atoms with E-state index in [0.717, 1.165) is 30.5 Å². The predicted molar refractivity (Wildman–Crippen MR) is 123 cm³/mol. The van der Waals surface area contributed by atoms with Crippen molar-refractivity contribution in [3.63, 3.8) is 0 Å². The first-order chi connectivity index (χ1) is 16.2. The van der Waals surface area contributed by atoms with Gasteiger partial charge < -0.3 is 19.6 Å². The molecule has 2 aromatic rings. The summed E-state index contributed by atoms with van der Waals surface area (Å²) in [6.07, 6.45) is -1.34. The molecule has 4 rings (SSSR count). The topological polar surface area (TPSA) is 70.1 Å². The van der Waals surface area contributed by atoms with Crippen LogP contribution in [0.15, 0.2) is 42.5 Å². The third kappa shape index (κ3) is 6.93. The minimum absolute atomic E-state index is 0.130. The maximum atomic E-state index is 13.3. The Morgan fingerprint density at radius 2 is 1.71 bits per heavy atom. The van der Waals surface area contributed by atoms with Gasteiger partial charge in [0.05, 0.1) is 13.2 Å². The Morgan fingerprint density at radius 3 is 2.35 bits per heavy atom. The summed E-state index contributed by atoms with van der Waals surface area (Å²) in [7, 11) is 0. The highest BCUT2D eigenvalue weighted by Gasteiger charge is 2.38. The fraction of sp³-hybridized carbons (Fsp3) is 0.520. The zero-order valence-electron chi connectivity index (χ0n) is 19.3. The van der Waals surface area contributed by atoms with E-state index >= 15 is 0 Å². The number of carboxylic acid groups (broad SMARTS) is 1. The Labute approximate surface area is 197 Å². The fourth-order valence-electron chi connectivity index (χ4n) is 4.45. The summed E-state index contributed by atoms with van der Waals surface area (Å²) in [6.45, 7) is 7.83. The molecule has 2 fully saturated rings. The zero-order chi connectivity index (χ0) is 24.7. The van der Waals surface area contributed by atoms with Crippen molar-refractivity contribution < 1.29 is 32.6 Å². The van der Waals surface area contributed by atoms with Crippen LogP contribution in [0.4, 0.5) is 13.2 Å². The molecule has 0 unspecified atom stereocenters. The van der Waals surface area contributed by atoms with Gasteiger partial charge in [-0.05, 0) is 68.7 Å². The van der Waals surface area contributed by atoms with Gasteiger partial charge in [-0.25, -0.2) is 4.79 Å². The van der Waals surface area contributed by atoms with Crippen LogP contribution in [-0.4, -0.2) is 78.4 Å². The van der Waals surface area contributed by atoms with Crippen molar-refractivity contribution in [3.8, 4) is 0 Å². The number of hydrogen-bond donors (Lipinski definition) is 1. The number of fused-ring (bicyclic) bond motifs is 1. The summed E-state index contributed by atoms with van der Waals surface area (Å²) in [6, 6.07) is 14.4. The van der Waals surface area contributed by atoms with Crippen LogP contribution in [0.5, 0.6) is 0 Å². The largest absolute Gasteiger partial charge is 0.490 e. The van der Waals surface area contributed by atoms with Gasteiger partial charge in [-0.15, -0.1) is 0 Å². The molecule has 186 valence electrons. The van der Waals surface area contributed by atoms with Crippen LogP contribution in [0.3, 0.4) is 0 Å². The predicted octanol–water partition coefficient (Wildman–Crippen LogP) is 4.44. The van der Waals surface area contributed by atoms with E-state index in [1.807, 2.05) is 35.2 Å². The number of amides is 1. The van der Waals surface area contributed by atoms with Crippen molar-refractivity contribution in [1.29, 1.82) is 0 Å². The number of carbonyl (C=O) groups is 2. The smallest absolute Gasteiger partial charge is 0.475 e. The number of carbonyl (C=O) groups excluding carboxylic acids is 1. The maximum absolute atomic E-state index is 13.3. The Morgan fingerprint density at radius 1 is 1.06 bits per heavy atom. The molecule has 2 aliphatic heterocycles. The summed E-state index contributed by atoms with van der Waals surface area (Å²) in [4.78, 5) is 26.8. The molecule has 34 heavy (non-hydrogen) atoms. The first-order valence-electron chi connectivity index (χ1n) is 11.6. The molecule has 2 atom stereocenters. The minimum Gasteiger partial charge on any atom is -0.475 e. The van der Waals surface area contributed by atoms with Crippen LogP contribution in [0.1, 0.15) is 36.5 Å². The van der Waals surface area contributed by atoms with Crippen LogP contribution in [0.2, 0.25) is 0 Å². The first kappa shape index (κ1) is 26.0. The number of alkyl halides is 3. The second-order valence-corrected chi connectivity index (χ2v) is 8.78. The van der Waals surface area contributed by atoms with Gasteiger partial charge in [0.15, 0.2) is 0 Å². The summed E-state index contributed by atoms with van der Waals surface area (Å²) in [5.74, 6) is -2.23. The lowest BCUT2D eigenvalue weighted by Crippen LogP contribution is -2.43. The first-order valence-corrected chi connectivity index (χ1v) is 11.6. The lowest BCUT2D eigenvalue weighted by molar-refractivity contribution is -0.192. The standard InChI is InChI=1S/C23H30N2O2.C2HF3O2/c1-18-22(10-13-24-11-4-5-12-24)17-27-15-14-25(18)23(26)21-9-8-19-6-2-3-7-20(19)16-21;3-2(4,5)1(6)7/h2-3,6-9,16,18,22H,4-5,10-15,17H2,1H3;(H,6,7)/t18-,22+;/m0./s1. The molecule has 9 heteroatoms. The van der Waals surface area contributed by atoms with Crippen molar-refractivity contribution in [2.75, 3.05) is 39.4 Å². The quantitative estimate of drug-likeness (QED) is 0.701. The van der Waals surface area contributed by atoms with Crippen molar-refractivity contribution in [1.82, 2.24) is 9.80 Å². The number of hydrogen-bond acceptors (Lipinski definition) is 4. The molecule has 0 radical (unpaired) electrons. The Hall–Kier alpha value is -2.65. The average molecular weight is 481 g/mol. The maximum Gasteiger partial charge on any atom is 0.490 e. The third-order valence-corrected chi connectivity index (χ3v) is 6.50. The molecule has 0 spiro atoms. The van der Waals surface area contributed by atoms with E-state index in [4.69, 9.17) is 14.6 Å². The number of nitrogens with zero attached hydrogens (tertiary/aromatic N) is 2. The lowest BCUT2D eigenvalue weighted by atomic mass is 9.96. The molecular weight excluding hydrogens is 449 g/mol. The molecule has 2 aliphatic rings. The molecule has 0 aliphatic carbocycles. The molecule has 0 bridgehead atoms. The highest BCUT2D eigenvalue weighted by atomic mass is 19.4. The van der Waals surface area contributed by atoms with Gasteiger partial charge in [0.25, 0.3) is 5.91 Å². The SMILES string of the molecule is C[C@H]1[C@H](CCN2CCCC2)COCCN1C(=O)c1ccc2ccccc2c1.O=C(O)C(F)(F)F. The average Bonchev–Trinajstić information content (AvgIpc) is 3.26. The molecule has 6 nitrogen and oxygen atoms in total. The van der Waals surface area contributed by atoms with E-state index < -0.39 is 12.1 Å². The molecule has 0 aromatic heterocycles. The van der Waals surface area contributed by atoms with E-state index in [9.17, 15) is 18.0 Å². The number of halogens is 3. The number of likely N-dealkylation sites (tertiary alicyclic amines) is 1. The highest BCUT2D eigenvalue weighted by Crippen LogP contribution is 2.24. The Bertz CT molecular complexity index is 976. The molecular formula is C25H31F3N2O4. The normalized spacial score (nSPS) is 21.6. The van der Waals surface area contributed by atoms with Crippen LogP contribution in [0, 0.1) is 5.92 Å². The molecule has 0 saturated carbocycles. The Balaban J connectivity index is 0.000000406. The number of carboxylic acids is 1. The van der Waals surface area contributed by atoms with Gasteiger partial charge in [0.2, 0.25) is 0 Å². The van der Waals surface area contributed by atoms with Crippen LogP contribution < -0.4 is 0 Å². The summed E-state index contributed by atoms with van der Waals surface area (Å²) in [5.41, 5.74) is 0.778. The monoisotopic (exact) mass is 480 g/mol. The number of rotatable bonds is 4. The minimum atomic E-state index is -5.08. The fourth-order valence-corrected chi connectivity index (χ4v) is 4.45. The lowest BCUT2D eigenvalue weighted by Gasteiger charge is -2.32. The van der Waals surface area contributed by atoms with Crippen LogP contribution in [-0.2, 0) is 9.53 Å². The second kappa shape index (κ2) is 11.7. The van der Waals surface area contributed by atoms with Gasteiger partial charge in [-0.2, -0.15) is 13.2 Å². The van der Waals surface area contributed by atoms with Crippen molar-refractivity contribution in [2.24, 2.45) is 5.92 Å². The van der Waals surface area contributed by atoms with E-state index in [1.54, 1.807) is 0 Å². The van der Waals surface area contributed by atoms with E-state index in [2.05, 4.69) is 24.0 Å². The molecule has 2 aromatic carbocycles. The van der Waals surface area contributed by atoms with E-state index in [-0.39, 0.29) is 11.9 Å². The number of ether oxygens (including phenoxy) is 1. The third-order valence-electron chi connectivity index (χ3n) is 6.50. The molecule has 1 N–H and O–H groups in total. The van der Waals surface area contributed by atoms with Crippen LogP contribution >= 0.6 is 0 Å². The molecule has 2 saturated heterocycles. The number of aliphatic carboxylic acids is 1. The summed E-state index contributed by atoms with van der Waals surface area (Å²) >= 11 is 0. The second-order valence-electron chi connectivity index (χ2n) is 8.78. The molecule has 2 heterocycles. The Kier molecular flexibility index (Phi) is 8.90. The number of benzene rings is 2. The van der Waals surface area contributed by atoms with Crippen molar-refractivity contribution in [3.05, 3.63) is 48.0 Å². The van der Waals surface area contributed by atoms with Crippen LogP contribution in [0.25, 0.3) is 10.8 Å².